The van der Waals surface area contributed by atoms with Crippen molar-refractivity contribution in [2.75, 3.05) is 13.2 Å². The summed E-state index contributed by atoms with van der Waals surface area (Å²) >= 11 is 0. The number of rotatable bonds is 10. The van der Waals surface area contributed by atoms with E-state index in [1.807, 2.05) is 5.32 Å². The van der Waals surface area contributed by atoms with E-state index >= 15 is 0 Å². The second-order valence-electron chi connectivity index (χ2n) is 11.0. The van der Waals surface area contributed by atoms with Gasteiger partial charge in [0.2, 0.25) is 0 Å². The van der Waals surface area contributed by atoms with Crippen molar-refractivity contribution in [1.29, 1.82) is 0 Å². The molecule has 0 bridgehead atoms. The van der Waals surface area contributed by atoms with Crippen LogP contribution in [0.25, 0.3) is 11.0 Å². The maximum absolute atomic E-state index is 13.6. The van der Waals surface area contributed by atoms with Gasteiger partial charge in [-0.25, -0.2) is 9.78 Å². The van der Waals surface area contributed by atoms with Crippen LogP contribution in [-0.4, -0.2) is 73.7 Å². The Hall–Kier alpha value is -3.82. The number of hydrogen-bond acceptors (Lipinski definition) is 5. The number of aryl methyl sites for hydroxylation is 1. The largest absolute Gasteiger partial charge is 0.416 e. The molecule has 1 saturated carbocycles. The number of halogens is 6. The summed E-state index contributed by atoms with van der Waals surface area (Å²) in [4.78, 5) is 34.4. The highest BCUT2D eigenvalue weighted by atomic mass is 19.4. The molecule has 0 unspecified atom stereocenters. The lowest BCUT2D eigenvalue weighted by molar-refractivity contribution is -0.265. The summed E-state index contributed by atoms with van der Waals surface area (Å²) in [6.45, 7) is -6.23. The summed E-state index contributed by atoms with van der Waals surface area (Å²) in [5, 5.41) is 8.01. The quantitative estimate of drug-likeness (QED) is 0.276. The fourth-order valence-electron chi connectivity index (χ4n) is 4.85. The molecule has 234 valence electrons. The first-order chi connectivity index (χ1) is 22.0. The molecule has 2 aromatic heterocycles. The van der Waals surface area contributed by atoms with Crippen LogP contribution in [0.3, 0.4) is 0 Å². The van der Waals surface area contributed by atoms with Gasteiger partial charge in [0.25, 0.3) is 5.91 Å². The molecular weight excluding hydrogens is 584 g/mol. The van der Waals surface area contributed by atoms with Crippen molar-refractivity contribution in [3.05, 3.63) is 47.5 Å². The van der Waals surface area contributed by atoms with E-state index in [1.54, 1.807) is 6.07 Å². The van der Waals surface area contributed by atoms with Gasteiger partial charge in [-0.05, 0) is 63.2 Å². The van der Waals surface area contributed by atoms with Crippen molar-refractivity contribution < 1.29 is 47.5 Å². The van der Waals surface area contributed by atoms with Crippen LogP contribution in [0.1, 0.15) is 74.4 Å². The number of hydrogen-bond donors (Lipinski definition) is 3. The van der Waals surface area contributed by atoms with Gasteiger partial charge in [-0.15, -0.1) is 0 Å². The van der Waals surface area contributed by atoms with Crippen LogP contribution < -0.4 is 10.6 Å². The normalized spacial score (nSPS) is 21.9. The Labute approximate surface area is 249 Å². The van der Waals surface area contributed by atoms with Crippen molar-refractivity contribution >= 4 is 23.0 Å². The summed E-state index contributed by atoms with van der Waals surface area (Å²) in [6.07, 6.45) is -7.14. The highest BCUT2D eigenvalue weighted by Crippen LogP contribution is 2.46. The Morgan fingerprint density at radius 3 is 2.60 bits per heavy atom. The predicted molar refractivity (Wildman–Crippen MR) is 141 cm³/mol. The zero-order valence-corrected chi connectivity index (χ0v) is 22.8. The van der Waals surface area contributed by atoms with Crippen LogP contribution in [0.4, 0.5) is 31.1 Å². The minimum Gasteiger partial charge on any atom is -0.364 e. The molecule has 3 heterocycles. The van der Waals surface area contributed by atoms with Gasteiger partial charge in [-0.3, -0.25) is 9.48 Å². The van der Waals surface area contributed by atoms with Crippen molar-refractivity contribution in [1.82, 2.24) is 35.3 Å². The average molecular weight is 621 g/mol. The molecule has 43 heavy (non-hydrogen) atoms. The first-order valence-electron chi connectivity index (χ1n) is 15.7. The van der Waals surface area contributed by atoms with Gasteiger partial charge < -0.3 is 25.3 Å². The number of fused-ring (bicyclic) bond motifs is 1. The number of aromatic nitrogens is 4. The van der Waals surface area contributed by atoms with Gasteiger partial charge in [0.1, 0.15) is 23.6 Å². The summed E-state index contributed by atoms with van der Waals surface area (Å²) in [6, 6.07) is 0.631. The van der Waals surface area contributed by atoms with Gasteiger partial charge in [0.05, 0.1) is 33.0 Å². The third-order valence-corrected chi connectivity index (χ3v) is 7.51. The van der Waals surface area contributed by atoms with Crippen LogP contribution in [0.2, 0.25) is 0 Å². The zero-order valence-electron chi connectivity index (χ0n) is 27.8. The van der Waals surface area contributed by atoms with Gasteiger partial charge >= 0.3 is 18.4 Å². The van der Waals surface area contributed by atoms with Crippen LogP contribution in [0.15, 0.2) is 30.5 Å². The molecule has 1 aliphatic carbocycles. The molecule has 0 spiro atoms. The Kier molecular flexibility index (Phi) is 6.31. The molecule has 10 nitrogen and oxygen atoms in total. The molecular formula is C27H31F6N7O3. The lowest BCUT2D eigenvalue weighted by atomic mass is 10.00. The molecule has 2 fully saturated rings. The number of benzene rings is 1. The molecule has 2 aliphatic rings. The average Bonchev–Trinajstić information content (AvgIpc) is 3.33. The molecule has 1 saturated heterocycles. The van der Waals surface area contributed by atoms with Gasteiger partial charge in [0, 0.05) is 16.8 Å². The number of nitrogens with zero attached hydrogens (tertiary/aromatic N) is 4. The molecule has 3 aromatic rings. The smallest absolute Gasteiger partial charge is 0.364 e. The number of carbonyl (C=O) groups is 2. The van der Waals surface area contributed by atoms with Gasteiger partial charge in [-0.2, -0.15) is 31.4 Å². The number of urea groups is 1. The third-order valence-electron chi connectivity index (χ3n) is 7.51. The topological polar surface area (TPSA) is 117 Å². The van der Waals surface area contributed by atoms with E-state index in [0.29, 0.717) is 28.6 Å². The van der Waals surface area contributed by atoms with Crippen LogP contribution in [0, 0.1) is 5.92 Å². The van der Waals surface area contributed by atoms with Gasteiger partial charge in [0.15, 0.2) is 5.60 Å². The second-order valence-corrected chi connectivity index (χ2v) is 11.0. The lowest BCUT2D eigenvalue weighted by Gasteiger charge is -2.30. The number of amides is 3. The summed E-state index contributed by atoms with van der Waals surface area (Å²) in [5.74, 6) is -1.31. The molecule has 3 atom stereocenters. The fourth-order valence-corrected chi connectivity index (χ4v) is 4.85. The monoisotopic (exact) mass is 620 g/mol. The first kappa shape index (κ1) is 24.6. The Balaban J connectivity index is 1.47. The molecule has 3 N–H and O–H groups in total. The van der Waals surface area contributed by atoms with Crippen molar-refractivity contribution in [2.45, 2.75) is 76.1 Å². The van der Waals surface area contributed by atoms with Crippen LogP contribution in [-0.2, 0) is 11.2 Å². The molecule has 16 heteroatoms. The maximum Gasteiger partial charge on any atom is 0.416 e. The minimum absolute atomic E-state index is 0.0996. The molecule has 1 aliphatic heterocycles. The highest BCUT2D eigenvalue weighted by molar-refractivity contribution is 5.92. The van der Waals surface area contributed by atoms with Crippen LogP contribution in [0.5, 0.6) is 0 Å². The number of carbonyl (C=O) groups excluding carboxylic acids is 2. The Bertz CT molecular complexity index is 1690. The minimum atomic E-state index is -4.82. The zero-order chi connectivity index (χ0) is 35.6. The highest BCUT2D eigenvalue weighted by Gasteiger charge is 2.51. The van der Waals surface area contributed by atoms with E-state index in [0.717, 1.165) is 31.0 Å². The van der Waals surface area contributed by atoms with Gasteiger partial charge in [-0.1, -0.05) is 6.07 Å². The van der Waals surface area contributed by atoms with Crippen molar-refractivity contribution in [3.63, 3.8) is 0 Å². The summed E-state index contributed by atoms with van der Waals surface area (Å²) < 4.78 is 125. The number of nitrogens with one attached hydrogen (secondary N) is 3. The van der Waals surface area contributed by atoms with E-state index in [9.17, 15) is 35.9 Å². The predicted octanol–water partition coefficient (Wildman–Crippen LogP) is 5.02. The summed E-state index contributed by atoms with van der Waals surface area (Å²) in [7, 11) is 0. The van der Waals surface area contributed by atoms with E-state index in [4.69, 9.17) is 11.6 Å². The van der Waals surface area contributed by atoms with E-state index in [1.165, 1.54) is 12.1 Å². The SMILES string of the molecule is [2H]C([2H])([2H])C([2H])([2H])n1nccc1C(=O)N[C@@H](COC(C)(C)C(F)(F)F)c1nc2cc([C@@H](C3CC3)N3C[C@@H](C(F)(F)F)NC3=O)ccc2[nH]1. The fraction of sp³-hybridized carbons (Fsp3) is 0.556. The maximum atomic E-state index is 13.6. The number of aromatic amines is 1. The lowest BCUT2D eigenvalue weighted by Crippen LogP contribution is -2.44. The molecule has 3 amide bonds. The van der Waals surface area contributed by atoms with E-state index < -0.39 is 80.2 Å². The first-order valence-corrected chi connectivity index (χ1v) is 13.2. The standard InChI is InChI=1S/C27H31F6N7O3/c1-4-40-19(9-10-34-40)23(41)37-18(13-43-25(2,3)27(31,32)33)22-35-16-8-7-15(11-17(16)36-22)21(14-5-6-14)39-12-20(26(28,29)30)38-24(39)42/h7-11,14,18,20-21H,4-6,12-13H2,1-3H3,(H,35,36)(H,37,41)(H,38,42)/t18-,20-,21+/m0/s1/i1D3,4D2. The molecule has 1 aromatic carbocycles. The molecule has 5 rings (SSSR count). The Morgan fingerprint density at radius 1 is 1.23 bits per heavy atom. The number of H-pyrrole nitrogens is 1. The summed E-state index contributed by atoms with van der Waals surface area (Å²) in [5.41, 5.74) is -2.20. The van der Waals surface area contributed by atoms with Crippen LogP contribution >= 0.6 is 0 Å². The number of alkyl halides is 6. The van der Waals surface area contributed by atoms with Crippen molar-refractivity contribution in [3.8, 4) is 0 Å². The number of imidazole rings is 1. The number of ether oxygens (including phenoxy) is 1. The van der Waals surface area contributed by atoms with Crippen molar-refractivity contribution in [2.24, 2.45) is 5.92 Å². The second kappa shape index (κ2) is 11.0. The third kappa shape index (κ3) is 6.28. The van der Waals surface area contributed by atoms with E-state index in [2.05, 4.69) is 20.4 Å². The molecule has 0 radical (unpaired) electrons. The van der Waals surface area contributed by atoms with E-state index in [-0.39, 0.29) is 17.3 Å². The Morgan fingerprint density at radius 2 is 1.98 bits per heavy atom.